The minimum absolute atomic E-state index is 0.0250. The van der Waals surface area contributed by atoms with Crippen LogP contribution in [-0.4, -0.2) is 28.9 Å². The van der Waals surface area contributed by atoms with E-state index in [1.807, 2.05) is 11.8 Å². The van der Waals surface area contributed by atoms with E-state index >= 15 is 0 Å². The number of amides is 1. The summed E-state index contributed by atoms with van der Waals surface area (Å²) in [5.41, 5.74) is 0.597. The number of nitrogens with zero attached hydrogens (tertiary/aromatic N) is 2. The topological polar surface area (TPSA) is 33.2 Å². The van der Waals surface area contributed by atoms with E-state index in [-0.39, 0.29) is 5.91 Å². The van der Waals surface area contributed by atoms with Gasteiger partial charge in [0.05, 0.1) is 5.56 Å². The fraction of sp³-hybridized carbons (Fsp3) is 0.538. The molecular weight excluding hydrogens is 236 g/mol. The Hall–Kier alpha value is -1.09. The van der Waals surface area contributed by atoms with Crippen LogP contribution in [0.1, 0.15) is 37.6 Å². The zero-order valence-corrected chi connectivity index (χ0v) is 11.4. The van der Waals surface area contributed by atoms with Crippen LogP contribution in [0, 0.1) is 5.92 Å². The molecule has 94 valence electrons. The Morgan fingerprint density at radius 3 is 2.65 bits per heavy atom. The van der Waals surface area contributed by atoms with Gasteiger partial charge in [-0.05, 0) is 25.0 Å². The van der Waals surface area contributed by atoms with E-state index in [0.29, 0.717) is 23.2 Å². The van der Waals surface area contributed by atoms with E-state index in [1.165, 1.54) is 6.20 Å². The van der Waals surface area contributed by atoms with Crippen molar-refractivity contribution >= 4 is 17.5 Å². The fourth-order valence-electron chi connectivity index (χ4n) is 1.55. The number of rotatable bonds is 5. The fourth-order valence-corrected chi connectivity index (χ4v) is 1.66. The van der Waals surface area contributed by atoms with E-state index in [0.717, 1.165) is 13.0 Å². The third-order valence-corrected chi connectivity index (χ3v) is 3.10. The summed E-state index contributed by atoms with van der Waals surface area (Å²) < 4.78 is 0. The van der Waals surface area contributed by atoms with Gasteiger partial charge in [-0.2, -0.15) is 0 Å². The first-order chi connectivity index (χ1) is 8.08. The van der Waals surface area contributed by atoms with E-state index in [1.54, 1.807) is 12.1 Å². The molecule has 1 rings (SSSR count). The maximum Gasteiger partial charge on any atom is 0.255 e. The molecule has 0 saturated carbocycles. The summed E-state index contributed by atoms with van der Waals surface area (Å²) >= 11 is 5.70. The van der Waals surface area contributed by atoms with Crippen LogP contribution in [0.2, 0.25) is 5.15 Å². The molecular formula is C13H19ClN2O. The van der Waals surface area contributed by atoms with E-state index in [2.05, 4.69) is 18.8 Å². The van der Waals surface area contributed by atoms with Crippen molar-refractivity contribution in [3.05, 3.63) is 29.0 Å². The Morgan fingerprint density at radius 1 is 1.47 bits per heavy atom. The van der Waals surface area contributed by atoms with Crippen molar-refractivity contribution in [2.75, 3.05) is 13.1 Å². The third-order valence-electron chi connectivity index (χ3n) is 2.87. The molecule has 0 radical (unpaired) electrons. The number of carbonyl (C=O) groups is 1. The van der Waals surface area contributed by atoms with Gasteiger partial charge in [-0.25, -0.2) is 4.98 Å². The van der Waals surface area contributed by atoms with Crippen LogP contribution >= 0.6 is 11.6 Å². The molecule has 0 N–H and O–H groups in total. The number of carbonyl (C=O) groups excluding carboxylic acids is 1. The molecule has 17 heavy (non-hydrogen) atoms. The van der Waals surface area contributed by atoms with Crippen LogP contribution in [-0.2, 0) is 0 Å². The smallest absolute Gasteiger partial charge is 0.255 e. The second-order valence-electron chi connectivity index (χ2n) is 4.23. The van der Waals surface area contributed by atoms with E-state index < -0.39 is 0 Å². The summed E-state index contributed by atoms with van der Waals surface area (Å²) in [5.74, 6) is 0.538. The van der Waals surface area contributed by atoms with Gasteiger partial charge in [-0.1, -0.05) is 31.9 Å². The summed E-state index contributed by atoms with van der Waals surface area (Å²) in [5, 5.41) is 0.409. The second-order valence-corrected chi connectivity index (χ2v) is 4.61. The Balaban J connectivity index is 2.75. The van der Waals surface area contributed by atoms with Crippen molar-refractivity contribution in [2.45, 2.75) is 27.2 Å². The predicted molar refractivity (Wildman–Crippen MR) is 70.3 cm³/mol. The molecule has 4 heteroatoms. The highest BCUT2D eigenvalue weighted by atomic mass is 35.5. The normalized spacial score (nSPS) is 12.2. The summed E-state index contributed by atoms with van der Waals surface area (Å²) in [6.45, 7) is 7.77. The molecule has 1 aromatic rings. The average molecular weight is 255 g/mol. The lowest BCUT2D eigenvalue weighted by Gasteiger charge is -2.24. The van der Waals surface area contributed by atoms with Crippen LogP contribution in [0.25, 0.3) is 0 Å². The highest BCUT2D eigenvalue weighted by molar-refractivity contribution is 6.29. The van der Waals surface area contributed by atoms with Gasteiger partial charge in [0, 0.05) is 19.3 Å². The maximum absolute atomic E-state index is 12.2. The van der Waals surface area contributed by atoms with Crippen LogP contribution in [0.3, 0.4) is 0 Å². The first-order valence-corrected chi connectivity index (χ1v) is 6.37. The van der Waals surface area contributed by atoms with Gasteiger partial charge in [0.2, 0.25) is 0 Å². The first-order valence-electron chi connectivity index (χ1n) is 5.99. The molecule has 1 unspecified atom stereocenters. The molecule has 1 aromatic heterocycles. The largest absolute Gasteiger partial charge is 0.339 e. The van der Waals surface area contributed by atoms with Gasteiger partial charge in [-0.15, -0.1) is 0 Å². The first kappa shape index (κ1) is 14.0. The maximum atomic E-state index is 12.2. The van der Waals surface area contributed by atoms with Crippen molar-refractivity contribution in [3.63, 3.8) is 0 Å². The number of halogens is 1. The molecule has 0 aromatic carbocycles. The molecule has 0 aliphatic rings. The van der Waals surface area contributed by atoms with Gasteiger partial charge in [-0.3, -0.25) is 4.79 Å². The van der Waals surface area contributed by atoms with E-state index in [4.69, 9.17) is 11.6 Å². The quantitative estimate of drug-likeness (QED) is 0.756. The lowest BCUT2D eigenvalue weighted by atomic mass is 10.1. The summed E-state index contributed by atoms with van der Waals surface area (Å²) in [6.07, 6.45) is 2.60. The second kappa shape index (κ2) is 6.60. The van der Waals surface area contributed by atoms with Crippen LogP contribution < -0.4 is 0 Å². The third kappa shape index (κ3) is 4.00. The minimum atomic E-state index is 0.0250. The Labute approximate surface area is 108 Å². The number of pyridine rings is 1. The van der Waals surface area contributed by atoms with Gasteiger partial charge >= 0.3 is 0 Å². The molecule has 0 bridgehead atoms. The van der Waals surface area contributed by atoms with Crippen molar-refractivity contribution in [1.29, 1.82) is 0 Å². The Kier molecular flexibility index (Phi) is 5.42. The highest BCUT2D eigenvalue weighted by Crippen LogP contribution is 2.11. The molecule has 0 saturated heterocycles. The zero-order valence-electron chi connectivity index (χ0n) is 10.6. The van der Waals surface area contributed by atoms with Crippen molar-refractivity contribution in [3.8, 4) is 0 Å². The van der Waals surface area contributed by atoms with Crippen molar-refractivity contribution in [2.24, 2.45) is 5.92 Å². The van der Waals surface area contributed by atoms with Crippen molar-refractivity contribution in [1.82, 2.24) is 9.88 Å². The summed E-state index contributed by atoms with van der Waals surface area (Å²) in [4.78, 5) is 18.0. The minimum Gasteiger partial charge on any atom is -0.339 e. The summed E-state index contributed by atoms with van der Waals surface area (Å²) in [7, 11) is 0. The monoisotopic (exact) mass is 254 g/mol. The number of hydrogen-bond acceptors (Lipinski definition) is 2. The van der Waals surface area contributed by atoms with Crippen molar-refractivity contribution < 1.29 is 4.79 Å². The Morgan fingerprint density at radius 2 is 2.18 bits per heavy atom. The summed E-state index contributed by atoms with van der Waals surface area (Å²) in [6, 6.07) is 3.36. The van der Waals surface area contributed by atoms with E-state index in [9.17, 15) is 4.79 Å². The molecule has 0 spiro atoms. The predicted octanol–water partition coefficient (Wildman–Crippen LogP) is 3.24. The molecule has 1 atom stereocenters. The molecule has 1 heterocycles. The van der Waals surface area contributed by atoms with Gasteiger partial charge in [0.1, 0.15) is 5.15 Å². The lowest BCUT2D eigenvalue weighted by molar-refractivity contribution is 0.0740. The highest BCUT2D eigenvalue weighted by Gasteiger charge is 2.16. The van der Waals surface area contributed by atoms with Gasteiger partial charge < -0.3 is 4.90 Å². The van der Waals surface area contributed by atoms with Gasteiger partial charge in [0.25, 0.3) is 5.91 Å². The lowest BCUT2D eigenvalue weighted by Crippen LogP contribution is -2.34. The molecule has 0 aliphatic carbocycles. The van der Waals surface area contributed by atoms with Crippen LogP contribution in [0.4, 0.5) is 0 Å². The zero-order chi connectivity index (χ0) is 12.8. The number of aromatic nitrogens is 1. The standard InChI is InChI=1S/C13H19ClN2O/c1-4-10(3)9-16(5-2)13(17)11-6-7-12(14)15-8-11/h6-8,10H,4-5,9H2,1-3H3. The van der Waals surface area contributed by atoms with Crippen LogP contribution in [0.5, 0.6) is 0 Å². The average Bonchev–Trinajstić information content (AvgIpc) is 2.35. The molecule has 3 nitrogen and oxygen atoms in total. The molecule has 1 amide bonds. The molecule has 0 fully saturated rings. The number of hydrogen-bond donors (Lipinski definition) is 0. The molecule has 0 aliphatic heterocycles. The van der Waals surface area contributed by atoms with Gasteiger partial charge in [0.15, 0.2) is 0 Å². The SMILES string of the molecule is CCC(C)CN(CC)C(=O)c1ccc(Cl)nc1. The van der Waals surface area contributed by atoms with Crippen LogP contribution in [0.15, 0.2) is 18.3 Å². The Bertz CT molecular complexity index is 364.